The van der Waals surface area contributed by atoms with Gasteiger partial charge in [0.1, 0.15) is 5.82 Å². The van der Waals surface area contributed by atoms with Crippen molar-refractivity contribution in [3.05, 3.63) is 65.6 Å². The second kappa shape index (κ2) is 5.68. The molecule has 29 heavy (non-hydrogen) atoms. The largest absolute Gasteiger partial charge is 0.335 e. The van der Waals surface area contributed by atoms with Crippen molar-refractivity contribution >= 4 is 16.8 Å². The molecule has 3 saturated carbocycles. The predicted molar refractivity (Wildman–Crippen MR) is 109 cm³/mol. The third-order valence-corrected chi connectivity index (χ3v) is 7.39. The zero-order valence-electron chi connectivity index (χ0n) is 16.6. The molecule has 5 heteroatoms. The van der Waals surface area contributed by atoms with Crippen molar-refractivity contribution < 1.29 is 9.18 Å². The van der Waals surface area contributed by atoms with Crippen LogP contribution in [0.2, 0.25) is 0 Å². The van der Waals surface area contributed by atoms with Gasteiger partial charge in [0.25, 0.3) is 0 Å². The minimum Gasteiger partial charge on any atom is -0.335 e. The Morgan fingerprint density at radius 2 is 2.03 bits per heavy atom. The standard InChI is InChI=1S/C24H24FN3O/c1-16-5-6-21-18(9-16)11-26-28(21)15-23-12-24(13-23,14-23)22(29)27-8-7-20(27)17-3-2-4-19(25)10-17/h2-6,9-11,20H,7-8,12-15H2,1H3. The molecule has 1 amide bonds. The number of carbonyl (C=O) groups is 1. The summed E-state index contributed by atoms with van der Waals surface area (Å²) in [6, 6.07) is 13.2. The van der Waals surface area contributed by atoms with E-state index in [0.29, 0.717) is 0 Å². The number of aryl methyl sites for hydroxylation is 1. The Balaban J connectivity index is 1.15. The van der Waals surface area contributed by atoms with Gasteiger partial charge in [-0.05, 0) is 67.9 Å². The van der Waals surface area contributed by atoms with Crippen LogP contribution in [0.25, 0.3) is 10.9 Å². The molecule has 7 rings (SSSR count). The zero-order chi connectivity index (χ0) is 19.8. The number of amides is 1. The highest BCUT2D eigenvalue weighted by Crippen LogP contribution is 2.75. The number of fused-ring (bicyclic) bond motifs is 1. The molecule has 148 valence electrons. The molecule has 2 heterocycles. The van der Waals surface area contributed by atoms with E-state index in [2.05, 4.69) is 34.9 Å². The number of aromatic nitrogens is 2. The highest BCUT2D eigenvalue weighted by Gasteiger charge is 2.72. The lowest BCUT2D eigenvalue weighted by atomic mass is 9.34. The third kappa shape index (κ3) is 2.42. The SMILES string of the molecule is Cc1ccc2c(cnn2CC23CC(C(=O)N4CCC4c4cccc(F)c4)(C2)C3)c1. The Kier molecular flexibility index (Phi) is 3.37. The molecule has 0 spiro atoms. The highest BCUT2D eigenvalue weighted by molar-refractivity contribution is 5.87. The normalized spacial score (nSPS) is 29.9. The molecule has 4 fully saturated rings. The molecule has 0 N–H and O–H groups in total. The molecule has 2 bridgehead atoms. The number of hydrogen-bond donors (Lipinski definition) is 0. The first-order valence-electron chi connectivity index (χ1n) is 10.5. The van der Waals surface area contributed by atoms with Gasteiger partial charge in [0.05, 0.1) is 23.2 Å². The molecule has 1 aliphatic heterocycles. The molecule has 4 aliphatic rings. The first kappa shape index (κ1) is 17.2. The van der Waals surface area contributed by atoms with E-state index in [-0.39, 0.29) is 28.6 Å². The fourth-order valence-corrected chi connectivity index (χ4v) is 6.04. The Morgan fingerprint density at radius 3 is 2.76 bits per heavy atom. The molecule has 4 nitrogen and oxygen atoms in total. The maximum Gasteiger partial charge on any atom is 0.229 e. The number of likely N-dealkylation sites (tertiary alicyclic amines) is 1. The smallest absolute Gasteiger partial charge is 0.229 e. The van der Waals surface area contributed by atoms with Gasteiger partial charge in [0, 0.05) is 18.5 Å². The van der Waals surface area contributed by atoms with Crippen molar-refractivity contribution in [1.82, 2.24) is 14.7 Å². The Morgan fingerprint density at radius 1 is 1.21 bits per heavy atom. The summed E-state index contributed by atoms with van der Waals surface area (Å²) in [5.41, 5.74) is 3.39. The van der Waals surface area contributed by atoms with E-state index >= 15 is 0 Å². The first-order valence-corrected chi connectivity index (χ1v) is 10.5. The summed E-state index contributed by atoms with van der Waals surface area (Å²) < 4.78 is 15.7. The number of hydrogen-bond acceptors (Lipinski definition) is 2. The van der Waals surface area contributed by atoms with E-state index in [1.54, 1.807) is 12.1 Å². The molecule has 1 atom stereocenters. The van der Waals surface area contributed by atoms with Gasteiger partial charge < -0.3 is 4.90 Å². The van der Waals surface area contributed by atoms with Gasteiger partial charge >= 0.3 is 0 Å². The third-order valence-electron chi connectivity index (χ3n) is 7.39. The van der Waals surface area contributed by atoms with Gasteiger partial charge in [0.2, 0.25) is 5.91 Å². The zero-order valence-corrected chi connectivity index (χ0v) is 16.6. The summed E-state index contributed by atoms with van der Waals surface area (Å²) in [7, 11) is 0. The molecule has 0 radical (unpaired) electrons. The number of halogens is 1. The average Bonchev–Trinajstić information content (AvgIpc) is 2.97. The number of benzene rings is 2. The van der Waals surface area contributed by atoms with E-state index in [1.165, 1.54) is 22.5 Å². The molecule has 1 aromatic heterocycles. The summed E-state index contributed by atoms with van der Waals surface area (Å²) in [5, 5.41) is 5.79. The van der Waals surface area contributed by atoms with Crippen LogP contribution in [0.5, 0.6) is 0 Å². The van der Waals surface area contributed by atoms with Crippen LogP contribution in [0, 0.1) is 23.6 Å². The van der Waals surface area contributed by atoms with Gasteiger partial charge in [-0.1, -0.05) is 23.8 Å². The van der Waals surface area contributed by atoms with Gasteiger partial charge in [-0.2, -0.15) is 5.10 Å². The van der Waals surface area contributed by atoms with Crippen molar-refractivity contribution in [2.45, 2.75) is 45.2 Å². The van der Waals surface area contributed by atoms with E-state index in [4.69, 9.17) is 0 Å². The van der Waals surface area contributed by atoms with Crippen molar-refractivity contribution in [2.24, 2.45) is 10.8 Å². The lowest BCUT2D eigenvalue weighted by molar-refractivity contribution is -0.227. The topological polar surface area (TPSA) is 38.1 Å². The van der Waals surface area contributed by atoms with Crippen molar-refractivity contribution in [3.8, 4) is 0 Å². The second-order valence-electron chi connectivity index (χ2n) is 9.53. The summed E-state index contributed by atoms with van der Waals surface area (Å²) in [6.45, 7) is 3.78. The van der Waals surface area contributed by atoms with Gasteiger partial charge in [0.15, 0.2) is 0 Å². The van der Waals surface area contributed by atoms with Crippen molar-refractivity contribution in [2.75, 3.05) is 6.54 Å². The van der Waals surface area contributed by atoms with Gasteiger partial charge in [-0.25, -0.2) is 4.39 Å². The van der Waals surface area contributed by atoms with Crippen LogP contribution in [0.15, 0.2) is 48.7 Å². The predicted octanol–water partition coefficient (Wildman–Crippen LogP) is 4.63. The van der Waals surface area contributed by atoms with E-state index in [0.717, 1.165) is 44.3 Å². The van der Waals surface area contributed by atoms with E-state index in [1.807, 2.05) is 17.2 Å². The average molecular weight is 389 g/mol. The highest BCUT2D eigenvalue weighted by atomic mass is 19.1. The maximum absolute atomic E-state index is 13.6. The Bertz CT molecular complexity index is 1130. The van der Waals surface area contributed by atoms with Crippen LogP contribution >= 0.6 is 0 Å². The number of rotatable bonds is 4. The van der Waals surface area contributed by atoms with Crippen LogP contribution in [0.3, 0.4) is 0 Å². The molecule has 1 saturated heterocycles. The number of nitrogens with zero attached hydrogens (tertiary/aromatic N) is 3. The minimum atomic E-state index is -0.229. The van der Waals surface area contributed by atoms with E-state index in [9.17, 15) is 9.18 Å². The fourth-order valence-electron chi connectivity index (χ4n) is 6.04. The molecular weight excluding hydrogens is 365 g/mol. The summed E-state index contributed by atoms with van der Waals surface area (Å²) in [4.78, 5) is 15.2. The lowest BCUT2D eigenvalue weighted by Gasteiger charge is -2.70. The summed E-state index contributed by atoms with van der Waals surface area (Å²) in [5.74, 6) is 0.0498. The van der Waals surface area contributed by atoms with Crippen LogP contribution < -0.4 is 0 Å². The molecular formula is C24H24FN3O. The van der Waals surface area contributed by atoms with Crippen LogP contribution in [-0.2, 0) is 11.3 Å². The first-order chi connectivity index (χ1) is 14.0. The van der Waals surface area contributed by atoms with E-state index < -0.39 is 0 Å². The molecule has 2 aromatic carbocycles. The quantitative estimate of drug-likeness (QED) is 0.653. The minimum absolute atomic E-state index is 0.0430. The van der Waals surface area contributed by atoms with Gasteiger partial charge in [-0.15, -0.1) is 0 Å². The van der Waals surface area contributed by atoms with Crippen LogP contribution in [-0.4, -0.2) is 27.1 Å². The molecule has 3 aliphatic carbocycles. The summed E-state index contributed by atoms with van der Waals surface area (Å²) in [6.07, 6.45) is 5.74. The fraction of sp³-hybridized carbons (Fsp3) is 0.417. The Labute approximate surface area is 169 Å². The lowest BCUT2D eigenvalue weighted by Crippen LogP contribution is -2.70. The molecule has 3 aromatic rings. The number of carbonyl (C=O) groups excluding carboxylic acids is 1. The van der Waals surface area contributed by atoms with Crippen molar-refractivity contribution in [1.29, 1.82) is 0 Å². The maximum atomic E-state index is 13.6. The molecule has 1 unspecified atom stereocenters. The van der Waals surface area contributed by atoms with Crippen LogP contribution in [0.4, 0.5) is 4.39 Å². The van der Waals surface area contributed by atoms with Crippen LogP contribution in [0.1, 0.15) is 42.9 Å². The van der Waals surface area contributed by atoms with Gasteiger partial charge in [-0.3, -0.25) is 9.48 Å². The van der Waals surface area contributed by atoms with Crippen molar-refractivity contribution in [3.63, 3.8) is 0 Å². The monoisotopic (exact) mass is 389 g/mol. The summed E-state index contributed by atoms with van der Waals surface area (Å²) >= 11 is 0. The Hall–Kier alpha value is -2.69. The second-order valence-corrected chi connectivity index (χ2v) is 9.53.